The average Bonchev–Trinajstić information content (AvgIpc) is 2.06. The Morgan fingerprint density at radius 1 is 1.08 bits per heavy atom. The number of hydrogen-bond acceptors (Lipinski definition) is 5. The Morgan fingerprint density at radius 3 is 1.69 bits per heavy atom. The standard InChI is InChI=1S/C5H13O6PS/c6-1-5(2-7,3-8)4-11-12(9,10)13/h6-8H,1-4H2,(H2,9,10,13). The number of aliphatic hydroxyl groups excluding tert-OH is 3. The Morgan fingerprint density at radius 2 is 1.46 bits per heavy atom. The molecule has 0 aromatic carbocycles. The van der Waals surface area contributed by atoms with Crippen molar-refractivity contribution < 1.29 is 29.6 Å². The van der Waals surface area contributed by atoms with Crippen LogP contribution in [0.15, 0.2) is 0 Å². The molecule has 0 saturated carbocycles. The van der Waals surface area contributed by atoms with Crippen molar-refractivity contribution in [3.63, 3.8) is 0 Å². The van der Waals surface area contributed by atoms with Crippen molar-refractivity contribution in [1.82, 2.24) is 0 Å². The van der Waals surface area contributed by atoms with Gasteiger partial charge in [0.05, 0.1) is 31.8 Å². The third kappa shape index (κ3) is 4.99. The lowest BCUT2D eigenvalue weighted by molar-refractivity contribution is -0.0283. The number of aliphatic hydroxyl groups is 3. The van der Waals surface area contributed by atoms with Crippen molar-refractivity contribution in [2.45, 2.75) is 0 Å². The average molecular weight is 232 g/mol. The second-order valence-electron chi connectivity index (χ2n) is 2.74. The summed E-state index contributed by atoms with van der Waals surface area (Å²) in [6.07, 6.45) is 0. The summed E-state index contributed by atoms with van der Waals surface area (Å²) in [5, 5.41) is 26.4. The smallest absolute Gasteiger partial charge is 0.321 e. The maximum Gasteiger partial charge on any atom is 0.321 e. The Bertz CT molecular complexity index is 179. The minimum absolute atomic E-state index is 0.402. The lowest BCUT2D eigenvalue weighted by atomic mass is 9.93. The summed E-state index contributed by atoms with van der Waals surface area (Å²) in [6, 6.07) is 0. The van der Waals surface area contributed by atoms with Crippen LogP contribution >= 0.6 is 6.72 Å². The van der Waals surface area contributed by atoms with E-state index in [1.165, 1.54) is 0 Å². The van der Waals surface area contributed by atoms with Crippen molar-refractivity contribution >= 4 is 18.5 Å². The van der Waals surface area contributed by atoms with Crippen LogP contribution in [0.3, 0.4) is 0 Å². The Kier molecular flexibility index (Phi) is 5.50. The first-order valence-corrected chi connectivity index (χ1v) is 6.04. The van der Waals surface area contributed by atoms with E-state index >= 15 is 0 Å². The zero-order chi connectivity index (χ0) is 10.5. The van der Waals surface area contributed by atoms with E-state index in [2.05, 4.69) is 16.3 Å². The van der Waals surface area contributed by atoms with Gasteiger partial charge in [0.2, 0.25) is 0 Å². The molecule has 0 aromatic heterocycles. The van der Waals surface area contributed by atoms with Crippen LogP contribution in [0.2, 0.25) is 0 Å². The van der Waals surface area contributed by atoms with Gasteiger partial charge in [0.25, 0.3) is 0 Å². The van der Waals surface area contributed by atoms with Crippen molar-refractivity contribution in [3.8, 4) is 0 Å². The minimum atomic E-state index is -3.80. The molecule has 0 radical (unpaired) electrons. The third-order valence-electron chi connectivity index (χ3n) is 1.55. The molecule has 0 aliphatic heterocycles. The first-order chi connectivity index (χ1) is 5.89. The predicted octanol–water partition coefficient (Wildman–Crippen LogP) is -1.82. The molecule has 0 heterocycles. The molecule has 0 atom stereocenters. The van der Waals surface area contributed by atoms with Crippen LogP contribution < -0.4 is 0 Å². The summed E-state index contributed by atoms with van der Waals surface area (Å²) >= 11 is 4.15. The van der Waals surface area contributed by atoms with E-state index in [0.29, 0.717) is 0 Å². The molecular formula is C5H13O6PS. The first-order valence-electron chi connectivity index (χ1n) is 3.42. The summed E-state index contributed by atoms with van der Waals surface area (Å²) in [7, 11) is 0. The van der Waals surface area contributed by atoms with Gasteiger partial charge in [0.1, 0.15) is 0 Å². The summed E-state index contributed by atoms with van der Waals surface area (Å²) in [6.45, 7) is -5.80. The van der Waals surface area contributed by atoms with Crippen molar-refractivity contribution in [1.29, 1.82) is 0 Å². The molecule has 0 aliphatic carbocycles. The third-order valence-corrected chi connectivity index (χ3v) is 2.33. The zero-order valence-corrected chi connectivity index (χ0v) is 8.54. The Labute approximate surface area is 80.7 Å². The van der Waals surface area contributed by atoms with Gasteiger partial charge in [0, 0.05) is 0 Å². The fourth-order valence-corrected chi connectivity index (χ4v) is 1.11. The van der Waals surface area contributed by atoms with Gasteiger partial charge in [0.15, 0.2) is 0 Å². The highest BCUT2D eigenvalue weighted by atomic mass is 32.5. The topological polar surface area (TPSA) is 110 Å². The monoisotopic (exact) mass is 232 g/mol. The lowest BCUT2D eigenvalue weighted by Crippen LogP contribution is -2.38. The fourth-order valence-electron chi connectivity index (χ4n) is 0.508. The molecule has 0 unspecified atom stereocenters. The summed E-state index contributed by atoms with van der Waals surface area (Å²) in [4.78, 5) is 17.4. The molecule has 0 spiro atoms. The molecule has 0 rings (SSSR count). The van der Waals surface area contributed by atoms with Gasteiger partial charge in [-0.2, -0.15) is 0 Å². The highest BCUT2D eigenvalue weighted by molar-refractivity contribution is 8.06. The van der Waals surface area contributed by atoms with E-state index in [9.17, 15) is 0 Å². The Balaban J connectivity index is 4.19. The first kappa shape index (κ1) is 13.4. The predicted molar refractivity (Wildman–Crippen MR) is 48.4 cm³/mol. The molecule has 0 amide bonds. The molecule has 5 N–H and O–H groups in total. The second-order valence-corrected chi connectivity index (χ2v) is 5.40. The molecular weight excluding hydrogens is 219 g/mol. The fraction of sp³-hybridized carbons (Fsp3) is 1.00. The van der Waals surface area contributed by atoms with Crippen LogP contribution in [-0.2, 0) is 16.3 Å². The van der Waals surface area contributed by atoms with Crippen LogP contribution in [0.25, 0.3) is 0 Å². The van der Waals surface area contributed by atoms with Crippen molar-refractivity contribution in [3.05, 3.63) is 0 Å². The normalized spacial score (nSPS) is 13.3. The van der Waals surface area contributed by atoms with E-state index in [4.69, 9.17) is 25.1 Å². The SMILES string of the molecule is OCC(CO)(CO)COP(O)(O)=S. The molecule has 8 heteroatoms. The van der Waals surface area contributed by atoms with Gasteiger partial charge in [-0.3, -0.25) is 0 Å². The van der Waals surface area contributed by atoms with Crippen LogP contribution in [0.4, 0.5) is 0 Å². The highest BCUT2D eigenvalue weighted by Crippen LogP contribution is 2.38. The van der Waals surface area contributed by atoms with Gasteiger partial charge in [-0.25, -0.2) is 0 Å². The van der Waals surface area contributed by atoms with Gasteiger partial charge >= 0.3 is 6.72 Å². The molecule has 6 nitrogen and oxygen atoms in total. The summed E-state index contributed by atoms with van der Waals surface area (Å²) in [5.41, 5.74) is -1.28. The quantitative estimate of drug-likeness (QED) is 0.343. The zero-order valence-electron chi connectivity index (χ0n) is 6.83. The maximum absolute atomic E-state index is 8.79. The molecule has 0 bridgehead atoms. The summed E-state index contributed by atoms with van der Waals surface area (Å²) in [5.74, 6) is 0. The number of rotatable bonds is 6. The second kappa shape index (κ2) is 5.33. The summed E-state index contributed by atoms with van der Waals surface area (Å²) < 4.78 is 4.42. The van der Waals surface area contributed by atoms with Gasteiger partial charge in [-0.05, 0) is 11.8 Å². The van der Waals surface area contributed by atoms with Gasteiger partial charge < -0.3 is 29.6 Å². The van der Waals surface area contributed by atoms with Crippen molar-refractivity contribution in [2.24, 2.45) is 5.41 Å². The van der Waals surface area contributed by atoms with Gasteiger partial charge in [-0.15, -0.1) is 0 Å². The van der Waals surface area contributed by atoms with Gasteiger partial charge in [-0.1, -0.05) is 0 Å². The van der Waals surface area contributed by atoms with Crippen LogP contribution in [0.1, 0.15) is 0 Å². The van der Waals surface area contributed by atoms with E-state index in [-0.39, 0.29) is 0 Å². The molecule has 0 aromatic rings. The molecule has 0 fully saturated rings. The van der Waals surface area contributed by atoms with Crippen LogP contribution in [0.5, 0.6) is 0 Å². The maximum atomic E-state index is 8.79. The van der Waals surface area contributed by atoms with Crippen molar-refractivity contribution in [2.75, 3.05) is 26.4 Å². The van der Waals surface area contributed by atoms with E-state index in [1.807, 2.05) is 0 Å². The van der Waals surface area contributed by atoms with Crippen LogP contribution in [-0.4, -0.2) is 51.5 Å². The largest absolute Gasteiger partial charge is 0.396 e. The molecule has 80 valence electrons. The molecule has 0 saturated heterocycles. The number of hydrogen-bond donors (Lipinski definition) is 5. The van der Waals surface area contributed by atoms with E-state index in [0.717, 1.165) is 0 Å². The van der Waals surface area contributed by atoms with E-state index < -0.39 is 38.6 Å². The van der Waals surface area contributed by atoms with E-state index in [1.54, 1.807) is 0 Å². The minimum Gasteiger partial charge on any atom is -0.396 e. The Hall–Kier alpha value is 0.410. The highest BCUT2D eigenvalue weighted by Gasteiger charge is 2.30. The van der Waals surface area contributed by atoms with Crippen LogP contribution in [0, 0.1) is 5.41 Å². The molecule has 13 heavy (non-hydrogen) atoms. The molecule has 0 aliphatic rings. The lowest BCUT2D eigenvalue weighted by Gasteiger charge is -2.27.